The second kappa shape index (κ2) is 7.64. The fraction of sp³-hybridized carbons (Fsp3) is 0.867. The summed E-state index contributed by atoms with van der Waals surface area (Å²) in [6.45, 7) is 10.4. The van der Waals surface area contributed by atoms with Crippen molar-refractivity contribution in [3.63, 3.8) is 0 Å². The van der Waals surface area contributed by atoms with Gasteiger partial charge in [-0.25, -0.2) is 4.79 Å². The van der Waals surface area contributed by atoms with Gasteiger partial charge in [0, 0.05) is 26.2 Å². The molecule has 0 spiro atoms. The summed E-state index contributed by atoms with van der Waals surface area (Å²) in [5, 5.41) is 2.64. The van der Waals surface area contributed by atoms with E-state index in [-0.39, 0.29) is 18.0 Å². The van der Waals surface area contributed by atoms with E-state index in [1.165, 1.54) is 0 Å². The quantitative estimate of drug-likeness (QED) is 0.806. The summed E-state index contributed by atoms with van der Waals surface area (Å²) in [6.07, 6.45) is 1.69. The molecule has 1 unspecified atom stereocenters. The molecule has 6 nitrogen and oxygen atoms in total. The fourth-order valence-electron chi connectivity index (χ4n) is 2.32. The molecule has 2 amide bonds. The van der Waals surface area contributed by atoms with Crippen molar-refractivity contribution in [3.05, 3.63) is 0 Å². The van der Waals surface area contributed by atoms with Crippen LogP contribution in [0.3, 0.4) is 0 Å². The van der Waals surface area contributed by atoms with Gasteiger partial charge in [-0.1, -0.05) is 6.92 Å². The van der Waals surface area contributed by atoms with Crippen molar-refractivity contribution in [2.75, 3.05) is 33.2 Å². The highest BCUT2D eigenvalue weighted by Crippen LogP contribution is 2.22. The van der Waals surface area contributed by atoms with Crippen LogP contribution in [0.1, 0.15) is 40.5 Å². The van der Waals surface area contributed by atoms with Crippen molar-refractivity contribution in [2.45, 2.75) is 52.2 Å². The van der Waals surface area contributed by atoms with Crippen LogP contribution in [0.2, 0.25) is 0 Å². The van der Waals surface area contributed by atoms with E-state index in [0.717, 1.165) is 32.5 Å². The summed E-state index contributed by atoms with van der Waals surface area (Å²) in [5.74, 6) is 0.00610. The standard InChI is InChI=1S/C15H29N3O3/c1-6-8-17(11-13(19)16-5)10-12-7-9-18(12)14(20)21-15(2,3)4/h12H,6-11H2,1-5H3,(H,16,19). The second-order valence-electron chi connectivity index (χ2n) is 6.52. The first-order chi connectivity index (χ1) is 9.76. The van der Waals surface area contributed by atoms with E-state index < -0.39 is 5.60 Å². The van der Waals surface area contributed by atoms with Gasteiger partial charge < -0.3 is 15.0 Å². The summed E-state index contributed by atoms with van der Waals surface area (Å²) < 4.78 is 5.40. The topological polar surface area (TPSA) is 61.9 Å². The molecule has 0 bridgehead atoms. The van der Waals surface area contributed by atoms with Gasteiger partial charge in [-0.15, -0.1) is 0 Å². The summed E-state index contributed by atoms with van der Waals surface area (Å²) in [4.78, 5) is 27.5. The molecular weight excluding hydrogens is 270 g/mol. The van der Waals surface area contributed by atoms with Gasteiger partial charge in [0.05, 0.1) is 6.54 Å². The maximum atomic E-state index is 12.1. The number of nitrogens with zero attached hydrogens (tertiary/aromatic N) is 2. The van der Waals surface area contributed by atoms with E-state index in [4.69, 9.17) is 4.74 Å². The number of likely N-dealkylation sites (N-methyl/N-ethyl adjacent to an activating group) is 1. The normalized spacial score (nSPS) is 18.4. The average Bonchev–Trinajstić information content (AvgIpc) is 2.31. The molecule has 1 atom stereocenters. The minimum atomic E-state index is -0.470. The Labute approximate surface area is 127 Å². The molecule has 122 valence electrons. The highest BCUT2D eigenvalue weighted by atomic mass is 16.6. The van der Waals surface area contributed by atoms with Gasteiger partial charge in [-0.3, -0.25) is 9.69 Å². The summed E-state index contributed by atoms with van der Waals surface area (Å²) in [6, 6.07) is 0.149. The molecule has 0 aromatic carbocycles. The van der Waals surface area contributed by atoms with Crippen LogP contribution in [0.15, 0.2) is 0 Å². The summed E-state index contributed by atoms with van der Waals surface area (Å²) in [5.41, 5.74) is -0.470. The third kappa shape index (κ3) is 5.91. The Hall–Kier alpha value is -1.30. The molecule has 0 aromatic rings. The molecular formula is C15H29N3O3. The van der Waals surface area contributed by atoms with Gasteiger partial charge in [0.15, 0.2) is 0 Å². The van der Waals surface area contributed by atoms with Crippen LogP contribution in [0.4, 0.5) is 4.79 Å². The first kappa shape index (κ1) is 17.8. The largest absolute Gasteiger partial charge is 0.444 e. The third-order valence-electron chi connectivity index (χ3n) is 3.43. The number of ether oxygens (including phenoxy) is 1. The van der Waals surface area contributed by atoms with Gasteiger partial charge in [0.2, 0.25) is 5.91 Å². The third-order valence-corrected chi connectivity index (χ3v) is 3.43. The molecule has 1 rings (SSSR count). The highest BCUT2D eigenvalue weighted by Gasteiger charge is 2.36. The molecule has 0 aromatic heterocycles. The Morgan fingerprint density at radius 3 is 2.48 bits per heavy atom. The Bertz CT molecular complexity index is 366. The van der Waals surface area contributed by atoms with Crippen LogP contribution >= 0.6 is 0 Å². The lowest BCUT2D eigenvalue weighted by Gasteiger charge is -2.43. The number of hydrogen-bond acceptors (Lipinski definition) is 4. The zero-order chi connectivity index (χ0) is 16.0. The van der Waals surface area contributed by atoms with E-state index >= 15 is 0 Å². The molecule has 1 N–H and O–H groups in total. The number of amides is 2. The summed E-state index contributed by atoms with van der Waals surface area (Å²) in [7, 11) is 1.64. The monoisotopic (exact) mass is 299 g/mol. The number of hydrogen-bond donors (Lipinski definition) is 1. The van der Waals surface area contributed by atoms with E-state index in [1.807, 2.05) is 20.8 Å². The molecule has 1 heterocycles. The zero-order valence-corrected chi connectivity index (χ0v) is 13.9. The first-order valence-electron chi connectivity index (χ1n) is 7.69. The Balaban J connectivity index is 2.51. The number of carbonyl (C=O) groups is 2. The van der Waals surface area contributed by atoms with Gasteiger partial charge >= 0.3 is 6.09 Å². The van der Waals surface area contributed by atoms with Crippen LogP contribution in [-0.2, 0) is 9.53 Å². The van der Waals surface area contributed by atoms with E-state index in [2.05, 4.69) is 17.1 Å². The SMILES string of the molecule is CCCN(CC(=O)NC)CC1CCN1C(=O)OC(C)(C)C. The highest BCUT2D eigenvalue weighted by molar-refractivity contribution is 5.77. The van der Waals surface area contributed by atoms with Gasteiger partial charge in [0.1, 0.15) is 5.60 Å². The van der Waals surface area contributed by atoms with Gasteiger partial charge in [-0.05, 0) is 40.2 Å². The number of carbonyl (C=O) groups excluding carboxylic acids is 2. The van der Waals surface area contributed by atoms with Crippen molar-refractivity contribution in [1.29, 1.82) is 0 Å². The first-order valence-corrected chi connectivity index (χ1v) is 7.69. The maximum Gasteiger partial charge on any atom is 0.410 e. The number of rotatable bonds is 6. The lowest BCUT2D eigenvalue weighted by molar-refractivity contribution is -0.122. The molecule has 1 fully saturated rings. The molecule has 21 heavy (non-hydrogen) atoms. The summed E-state index contributed by atoms with van der Waals surface area (Å²) >= 11 is 0. The Morgan fingerprint density at radius 2 is 2.05 bits per heavy atom. The lowest BCUT2D eigenvalue weighted by Crippen LogP contribution is -2.57. The molecule has 0 saturated carbocycles. The van der Waals surface area contributed by atoms with Crippen molar-refractivity contribution < 1.29 is 14.3 Å². The Kier molecular flexibility index (Phi) is 6.45. The maximum absolute atomic E-state index is 12.1. The number of likely N-dealkylation sites (tertiary alicyclic amines) is 1. The molecule has 1 aliphatic rings. The fourth-order valence-corrected chi connectivity index (χ4v) is 2.32. The molecule has 0 aliphatic carbocycles. The van der Waals surface area contributed by atoms with Gasteiger partial charge in [0.25, 0.3) is 0 Å². The molecule has 1 saturated heterocycles. The van der Waals surface area contributed by atoms with Crippen LogP contribution in [0, 0.1) is 0 Å². The van der Waals surface area contributed by atoms with Crippen molar-refractivity contribution in [3.8, 4) is 0 Å². The Morgan fingerprint density at radius 1 is 1.38 bits per heavy atom. The van der Waals surface area contributed by atoms with Gasteiger partial charge in [-0.2, -0.15) is 0 Å². The molecule has 0 radical (unpaired) electrons. The van der Waals surface area contributed by atoms with E-state index in [0.29, 0.717) is 6.54 Å². The van der Waals surface area contributed by atoms with Crippen molar-refractivity contribution >= 4 is 12.0 Å². The lowest BCUT2D eigenvalue weighted by atomic mass is 10.0. The predicted octanol–water partition coefficient (Wildman–Crippen LogP) is 1.45. The van der Waals surface area contributed by atoms with Crippen LogP contribution in [-0.4, -0.2) is 66.7 Å². The number of nitrogens with one attached hydrogen (secondary N) is 1. The zero-order valence-electron chi connectivity index (χ0n) is 13.9. The minimum Gasteiger partial charge on any atom is -0.444 e. The smallest absolute Gasteiger partial charge is 0.410 e. The molecule has 1 aliphatic heterocycles. The minimum absolute atomic E-state index is 0.00610. The van der Waals surface area contributed by atoms with Crippen LogP contribution < -0.4 is 5.32 Å². The van der Waals surface area contributed by atoms with E-state index in [9.17, 15) is 9.59 Å². The van der Waals surface area contributed by atoms with Crippen LogP contribution in [0.25, 0.3) is 0 Å². The molecule has 6 heteroatoms. The second-order valence-corrected chi connectivity index (χ2v) is 6.52. The van der Waals surface area contributed by atoms with Crippen molar-refractivity contribution in [1.82, 2.24) is 15.1 Å². The van der Waals surface area contributed by atoms with E-state index in [1.54, 1.807) is 11.9 Å². The predicted molar refractivity (Wildman–Crippen MR) is 82.1 cm³/mol. The van der Waals surface area contributed by atoms with Crippen molar-refractivity contribution in [2.24, 2.45) is 0 Å². The van der Waals surface area contributed by atoms with Crippen LogP contribution in [0.5, 0.6) is 0 Å². The average molecular weight is 299 g/mol.